The fourth-order valence-electron chi connectivity index (χ4n) is 2.34. The van der Waals surface area contributed by atoms with Crippen LogP contribution in [0, 0.1) is 6.92 Å². The molecule has 4 heteroatoms. The molecule has 0 aliphatic rings. The van der Waals surface area contributed by atoms with E-state index in [9.17, 15) is 0 Å². The molecule has 0 spiro atoms. The van der Waals surface area contributed by atoms with Gasteiger partial charge in [0.25, 0.3) is 0 Å². The zero-order chi connectivity index (χ0) is 15.1. The lowest BCUT2D eigenvalue weighted by atomic mass is 10.0. The minimum Gasteiger partial charge on any atom is -0.309 e. The van der Waals surface area contributed by atoms with Gasteiger partial charge < -0.3 is 5.32 Å². The van der Waals surface area contributed by atoms with E-state index in [2.05, 4.69) is 35.0 Å². The van der Waals surface area contributed by atoms with E-state index in [1.807, 2.05) is 42.3 Å². The maximum atomic E-state index is 4.42. The Bertz CT molecular complexity index is 559. The van der Waals surface area contributed by atoms with Crippen LogP contribution in [0.15, 0.2) is 43.2 Å². The number of allylic oxidation sites excluding steroid dienone is 1. The van der Waals surface area contributed by atoms with Crippen LogP contribution in [0.25, 0.3) is 0 Å². The van der Waals surface area contributed by atoms with Gasteiger partial charge in [-0.2, -0.15) is 5.10 Å². The monoisotopic (exact) mass is 284 g/mol. The molecule has 0 aliphatic carbocycles. The van der Waals surface area contributed by atoms with Crippen LogP contribution < -0.4 is 5.32 Å². The molecule has 2 aromatic rings. The van der Waals surface area contributed by atoms with Crippen molar-refractivity contribution in [2.45, 2.75) is 38.8 Å². The molecule has 0 radical (unpaired) electrons. The summed E-state index contributed by atoms with van der Waals surface area (Å²) in [6.45, 7) is 6.76. The molecule has 1 N–H and O–H groups in total. The molecule has 2 rings (SSSR count). The first-order chi connectivity index (χ1) is 10.2. The Kier molecular flexibility index (Phi) is 5.69. The first kappa shape index (κ1) is 15.4. The lowest BCUT2D eigenvalue weighted by Crippen LogP contribution is -2.31. The molecule has 0 fully saturated rings. The molecule has 0 amide bonds. The van der Waals surface area contributed by atoms with E-state index in [0.717, 1.165) is 31.5 Å². The van der Waals surface area contributed by atoms with Gasteiger partial charge in [-0.1, -0.05) is 12.1 Å². The lowest BCUT2D eigenvalue weighted by molar-refractivity contribution is 0.475. The van der Waals surface area contributed by atoms with Gasteiger partial charge in [-0.05, 0) is 31.9 Å². The first-order valence-electron chi connectivity index (χ1n) is 7.42. The van der Waals surface area contributed by atoms with E-state index in [4.69, 9.17) is 0 Å². The molecule has 0 saturated heterocycles. The first-order valence-corrected chi connectivity index (χ1v) is 7.42. The summed E-state index contributed by atoms with van der Waals surface area (Å²) in [7, 11) is 1.97. The number of pyridine rings is 1. The lowest BCUT2D eigenvalue weighted by Gasteiger charge is -2.18. The normalized spacial score (nSPS) is 12.3. The molecule has 4 nitrogen and oxygen atoms in total. The van der Waals surface area contributed by atoms with Crippen LogP contribution in [-0.4, -0.2) is 20.8 Å². The second-order valence-electron chi connectivity index (χ2n) is 5.35. The Balaban J connectivity index is 1.96. The number of hydrogen-bond acceptors (Lipinski definition) is 3. The van der Waals surface area contributed by atoms with Gasteiger partial charge >= 0.3 is 0 Å². The second kappa shape index (κ2) is 7.74. The van der Waals surface area contributed by atoms with Gasteiger partial charge in [-0.15, -0.1) is 6.58 Å². The Labute approximate surface area is 126 Å². The number of hydrogen-bond donors (Lipinski definition) is 1. The molecule has 1 unspecified atom stereocenters. The minimum absolute atomic E-state index is 0.400. The van der Waals surface area contributed by atoms with Gasteiger partial charge in [0.15, 0.2) is 0 Å². The zero-order valence-corrected chi connectivity index (χ0v) is 12.9. The van der Waals surface area contributed by atoms with E-state index in [0.29, 0.717) is 6.04 Å². The maximum Gasteiger partial charge on any atom is 0.0537 e. The smallest absolute Gasteiger partial charge is 0.0537 e. The molecule has 2 heterocycles. The number of rotatable bonds is 8. The summed E-state index contributed by atoms with van der Waals surface area (Å²) in [5, 5.41) is 7.92. The van der Waals surface area contributed by atoms with Crippen LogP contribution in [0.2, 0.25) is 0 Å². The largest absolute Gasteiger partial charge is 0.309 e. The highest BCUT2D eigenvalue weighted by atomic mass is 15.3. The van der Waals surface area contributed by atoms with Crippen molar-refractivity contribution in [3.8, 4) is 0 Å². The molecule has 21 heavy (non-hydrogen) atoms. The summed E-state index contributed by atoms with van der Waals surface area (Å²) >= 11 is 0. The predicted octanol–water partition coefficient (Wildman–Crippen LogP) is 2.79. The Morgan fingerprint density at radius 1 is 1.43 bits per heavy atom. The molecular weight excluding hydrogens is 260 g/mol. The summed E-state index contributed by atoms with van der Waals surface area (Å²) in [5.74, 6) is 0. The van der Waals surface area contributed by atoms with Gasteiger partial charge in [0, 0.05) is 49.2 Å². The van der Waals surface area contributed by atoms with E-state index < -0.39 is 0 Å². The van der Waals surface area contributed by atoms with Crippen molar-refractivity contribution in [1.29, 1.82) is 0 Å². The van der Waals surface area contributed by atoms with Crippen molar-refractivity contribution in [3.63, 3.8) is 0 Å². The van der Waals surface area contributed by atoms with E-state index in [-0.39, 0.29) is 0 Å². The van der Waals surface area contributed by atoms with Gasteiger partial charge in [0.05, 0.1) is 6.20 Å². The summed E-state index contributed by atoms with van der Waals surface area (Å²) < 4.78 is 1.91. The van der Waals surface area contributed by atoms with E-state index in [1.54, 1.807) is 0 Å². The molecule has 0 aliphatic heterocycles. The van der Waals surface area contributed by atoms with E-state index >= 15 is 0 Å². The van der Waals surface area contributed by atoms with Crippen molar-refractivity contribution in [3.05, 3.63) is 60.2 Å². The average molecular weight is 284 g/mol. The molecular formula is C17H24N4. The van der Waals surface area contributed by atoms with Crippen LogP contribution in [0.1, 0.15) is 29.8 Å². The van der Waals surface area contributed by atoms with E-state index in [1.165, 1.54) is 11.3 Å². The second-order valence-corrected chi connectivity index (χ2v) is 5.35. The Morgan fingerprint density at radius 3 is 2.90 bits per heavy atom. The van der Waals surface area contributed by atoms with Crippen LogP contribution in [0.4, 0.5) is 0 Å². The third kappa shape index (κ3) is 4.53. The number of nitrogens with one attached hydrogen (secondary N) is 1. The molecule has 0 aromatic carbocycles. The molecule has 1 atom stereocenters. The van der Waals surface area contributed by atoms with Crippen molar-refractivity contribution in [2.75, 3.05) is 0 Å². The van der Waals surface area contributed by atoms with Crippen LogP contribution in [-0.2, 0) is 20.0 Å². The number of nitrogens with zero attached hydrogens (tertiary/aromatic N) is 3. The highest BCUT2D eigenvalue weighted by Crippen LogP contribution is 2.09. The molecule has 2 aromatic heterocycles. The van der Waals surface area contributed by atoms with Gasteiger partial charge in [-0.3, -0.25) is 9.67 Å². The van der Waals surface area contributed by atoms with Gasteiger partial charge in [-0.25, -0.2) is 0 Å². The fourth-order valence-corrected chi connectivity index (χ4v) is 2.34. The van der Waals surface area contributed by atoms with Crippen LogP contribution >= 0.6 is 0 Å². The summed E-state index contributed by atoms with van der Waals surface area (Å²) in [5.41, 5.74) is 3.59. The van der Waals surface area contributed by atoms with Crippen molar-refractivity contribution in [1.82, 2.24) is 20.1 Å². The Morgan fingerprint density at radius 2 is 2.29 bits per heavy atom. The van der Waals surface area contributed by atoms with Crippen molar-refractivity contribution >= 4 is 0 Å². The summed E-state index contributed by atoms with van der Waals surface area (Å²) in [4.78, 5) is 4.42. The highest BCUT2D eigenvalue weighted by Gasteiger charge is 2.11. The third-order valence-corrected chi connectivity index (χ3v) is 3.82. The molecule has 0 saturated carbocycles. The quantitative estimate of drug-likeness (QED) is 0.758. The van der Waals surface area contributed by atoms with Crippen LogP contribution in [0.5, 0.6) is 0 Å². The summed E-state index contributed by atoms with van der Waals surface area (Å²) in [6.07, 6.45) is 8.78. The van der Waals surface area contributed by atoms with Gasteiger partial charge in [0.1, 0.15) is 0 Å². The highest BCUT2D eigenvalue weighted by molar-refractivity contribution is 5.15. The van der Waals surface area contributed by atoms with Crippen molar-refractivity contribution < 1.29 is 0 Å². The third-order valence-electron chi connectivity index (χ3n) is 3.82. The standard InChI is InChI=1S/C17H24N4/c1-4-5-8-17(11-16-9-6-7-10-18-16)19-12-15-13-20-21(3)14(15)2/h4,6-7,9-10,13,17,19H,1,5,8,11-12H2,2-3H3. The average Bonchev–Trinajstić information content (AvgIpc) is 2.83. The summed E-state index contributed by atoms with van der Waals surface area (Å²) in [6, 6.07) is 6.47. The predicted molar refractivity (Wildman–Crippen MR) is 85.9 cm³/mol. The number of aromatic nitrogens is 3. The number of aryl methyl sites for hydroxylation is 1. The van der Waals surface area contributed by atoms with Gasteiger partial charge in [0.2, 0.25) is 0 Å². The topological polar surface area (TPSA) is 42.7 Å². The zero-order valence-electron chi connectivity index (χ0n) is 12.9. The minimum atomic E-state index is 0.400. The van der Waals surface area contributed by atoms with Crippen LogP contribution in [0.3, 0.4) is 0 Å². The SMILES string of the molecule is C=CCCC(Cc1ccccn1)NCc1cnn(C)c1C. The fraction of sp³-hybridized carbons (Fsp3) is 0.412. The molecule has 112 valence electrons. The maximum absolute atomic E-state index is 4.42. The molecule has 0 bridgehead atoms. The van der Waals surface area contributed by atoms with Crippen molar-refractivity contribution in [2.24, 2.45) is 7.05 Å². The Hall–Kier alpha value is -1.94.